The van der Waals surface area contributed by atoms with Crippen LogP contribution in [-0.2, 0) is 4.79 Å². The summed E-state index contributed by atoms with van der Waals surface area (Å²) in [6.45, 7) is 0. The number of halogens is 3. The monoisotopic (exact) mass is 280 g/mol. The lowest BCUT2D eigenvalue weighted by Crippen LogP contribution is -2.23. The van der Waals surface area contributed by atoms with Crippen molar-refractivity contribution >= 4 is 21.9 Å². The fourth-order valence-corrected chi connectivity index (χ4v) is 1.62. The maximum atomic E-state index is 12.9. The fourth-order valence-electron chi connectivity index (χ4n) is 1.03. The van der Waals surface area contributed by atoms with Crippen LogP contribution in [0.5, 0.6) is 0 Å². The molecule has 82 valence electrons. The number of carbonyl (C=O) groups is 1. The lowest BCUT2D eigenvalue weighted by atomic mass is 10.1. The van der Waals surface area contributed by atoms with E-state index in [0.29, 0.717) is 0 Å². The van der Waals surface area contributed by atoms with Crippen LogP contribution in [0.1, 0.15) is 11.7 Å². The van der Waals surface area contributed by atoms with Gasteiger partial charge in [-0.25, -0.2) is 13.6 Å². The van der Waals surface area contributed by atoms with E-state index in [1.54, 1.807) is 0 Å². The summed E-state index contributed by atoms with van der Waals surface area (Å²) in [6, 6.07) is 3.16. The summed E-state index contributed by atoms with van der Waals surface area (Å²) >= 11 is 2.91. The molecule has 1 aromatic carbocycles. The molecule has 0 saturated carbocycles. The van der Waals surface area contributed by atoms with E-state index in [0.717, 1.165) is 18.2 Å². The molecule has 0 fully saturated rings. The molecule has 0 aromatic heterocycles. The van der Waals surface area contributed by atoms with Crippen molar-refractivity contribution in [1.82, 2.24) is 0 Å². The second kappa shape index (κ2) is 4.67. The van der Waals surface area contributed by atoms with Gasteiger partial charge in [-0.3, -0.25) is 0 Å². The standard InChI is InChI=1S/C9H7BrF2O3/c10-6-3-4(11)1-2-5(6)8(13)7(12)9(14)15/h1-3,7-8,13H,(H,14,15). The molecule has 0 aliphatic rings. The van der Waals surface area contributed by atoms with Crippen LogP contribution in [0.2, 0.25) is 0 Å². The minimum atomic E-state index is -2.44. The molecule has 2 atom stereocenters. The summed E-state index contributed by atoms with van der Waals surface area (Å²) in [5.74, 6) is -2.33. The number of benzene rings is 1. The molecule has 0 aliphatic heterocycles. The van der Waals surface area contributed by atoms with Gasteiger partial charge in [0.15, 0.2) is 0 Å². The van der Waals surface area contributed by atoms with E-state index in [1.165, 1.54) is 0 Å². The summed E-state index contributed by atoms with van der Waals surface area (Å²) in [6.07, 6.45) is -4.26. The normalized spacial score (nSPS) is 14.7. The molecule has 0 spiro atoms. The van der Waals surface area contributed by atoms with Crippen LogP contribution in [0.3, 0.4) is 0 Å². The minimum Gasteiger partial charge on any atom is -0.479 e. The SMILES string of the molecule is O=C(O)C(F)C(O)c1ccc(F)cc1Br. The number of carboxylic acids is 1. The Morgan fingerprint density at radius 1 is 1.47 bits per heavy atom. The predicted octanol–water partition coefficient (Wildman–Crippen LogP) is 2.04. The van der Waals surface area contributed by atoms with E-state index in [2.05, 4.69) is 15.9 Å². The van der Waals surface area contributed by atoms with Crippen molar-refractivity contribution in [3.63, 3.8) is 0 Å². The Labute approximate surface area is 92.5 Å². The third-order valence-corrected chi connectivity index (χ3v) is 2.48. The number of alkyl halides is 1. The van der Waals surface area contributed by atoms with Crippen molar-refractivity contribution in [2.24, 2.45) is 0 Å². The fraction of sp³-hybridized carbons (Fsp3) is 0.222. The molecule has 0 saturated heterocycles. The number of rotatable bonds is 3. The van der Waals surface area contributed by atoms with Crippen LogP contribution in [0.25, 0.3) is 0 Å². The summed E-state index contributed by atoms with van der Waals surface area (Å²) in [7, 11) is 0. The second-order valence-corrected chi connectivity index (χ2v) is 3.71. The van der Waals surface area contributed by atoms with Gasteiger partial charge < -0.3 is 10.2 Å². The van der Waals surface area contributed by atoms with Gasteiger partial charge in [-0.2, -0.15) is 0 Å². The maximum absolute atomic E-state index is 12.9. The summed E-state index contributed by atoms with van der Waals surface area (Å²) in [5.41, 5.74) is -0.00806. The van der Waals surface area contributed by atoms with Gasteiger partial charge in [0, 0.05) is 4.47 Å². The average Bonchev–Trinajstić information content (AvgIpc) is 2.15. The van der Waals surface area contributed by atoms with E-state index in [9.17, 15) is 18.7 Å². The van der Waals surface area contributed by atoms with Crippen molar-refractivity contribution in [3.05, 3.63) is 34.1 Å². The summed E-state index contributed by atoms with van der Waals surface area (Å²) in [5, 5.41) is 17.7. The molecule has 15 heavy (non-hydrogen) atoms. The first-order valence-corrected chi connectivity index (χ1v) is 4.72. The molecular formula is C9H7BrF2O3. The Kier molecular flexibility index (Phi) is 3.76. The van der Waals surface area contributed by atoms with Crippen LogP contribution in [0.15, 0.2) is 22.7 Å². The third kappa shape index (κ3) is 2.73. The van der Waals surface area contributed by atoms with Crippen LogP contribution in [0.4, 0.5) is 8.78 Å². The Balaban J connectivity index is 3.01. The Bertz CT molecular complexity index is 384. The van der Waals surface area contributed by atoms with Gasteiger partial charge in [0.2, 0.25) is 6.17 Å². The lowest BCUT2D eigenvalue weighted by molar-refractivity contribution is -0.147. The number of aliphatic carboxylic acids is 1. The third-order valence-electron chi connectivity index (χ3n) is 1.79. The van der Waals surface area contributed by atoms with Crippen LogP contribution in [-0.4, -0.2) is 22.4 Å². The molecule has 6 heteroatoms. The van der Waals surface area contributed by atoms with Crippen LogP contribution in [0, 0.1) is 5.82 Å². The number of aliphatic hydroxyl groups excluding tert-OH is 1. The molecule has 1 rings (SSSR count). The van der Waals surface area contributed by atoms with Gasteiger partial charge >= 0.3 is 5.97 Å². The molecular weight excluding hydrogens is 274 g/mol. The number of hydrogen-bond acceptors (Lipinski definition) is 2. The maximum Gasteiger partial charge on any atom is 0.341 e. The predicted molar refractivity (Wildman–Crippen MR) is 51.6 cm³/mol. The van der Waals surface area contributed by atoms with Crippen molar-refractivity contribution in [2.75, 3.05) is 0 Å². The Morgan fingerprint density at radius 3 is 2.53 bits per heavy atom. The minimum absolute atomic E-state index is 0.00806. The number of hydrogen-bond donors (Lipinski definition) is 2. The highest BCUT2D eigenvalue weighted by molar-refractivity contribution is 9.10. The number of carboxylic acid groups (broad SMARTS) is 1. The molecule has 0 bridgehead atoms. The lowest BCUT2D eigenvalue weighted by Gasteiger charge is -2.13. The van der Waals surface area contributed by atoms with Crippen molar-refractivity contribution in [3.8, 4) is 0 Å². The first kappa shape index (κ1) is 12.1. The average molecular weight is 281 g/mol. The van der Waals surface area contributed by atoms with Gasteiger partial charge in [0.25, 0.3) is 0 Å². The van der Waals surface area contributed by atoms with E-state index in [4.69, 9.17) is 5.11 Å². The molecule has 1 aromatic rings. The zero-order valence-electron chi connectivity index (χ0n) is 7.32. The molecule has 0 heterocycles. The number of aliphatic hydroxyl groups is 1. The molecule has 2 N–H and O–H groups in total. The van der Waals surface area contributed by atoms with Crippen LogP contribution < -0.4 is 0 Å². The molecule has 0 amide bonds. The smallest absolute Gasteiger partial charge is 0.341 e. The topological polar surface area (TPSA) is 57.5 Å². The zero-order valence-corrected chi connectivity index (χ0v) is 8.91. The Morgan fingerprint density at radius 2 is 2.07 bits per heavy atom. The van der Waals surface area contributed by atoms with E-state index >= 15 is 0 Å². The first-order valence-electron chi connectivity index (χ1n) is 3.93. The largest absolute Gasteiger partial charge is 0.479 e. The molecule has 2 unspecified atom stereocenters. The molecule has 3 nitrogen and oxygen atoms in total. The van der Waals surface area contributed by atoms with Crippen LogP contribution >= 0.6 is 15.9 Å². The quantitative estimate of drug-likeness (QED) is 0.891. The molecule has 0 radical (unpaired) electrons. The van der Waals surface area contributed by atoms with Crippen molar-refractivity contribution in [1.29, 1.82) is 0 Å². The van der Waals surface area contributed by atoms with Crippen molar-refractivity contribution < 1.29 is 23.8 Å². The molecule has 0 aliphatic carbocycles. The highest BCUT2D eigenvalue weighted by atomic mass is 79.9. The van der Waals surface area contributed by atoms with Gasteiger partial charge in [-0.15, -0.1) is 0 Å². The van der Waals surface area contributed by atoms with Gasteiger partial charge in [0.05, 0.1) is 0 Å². The van der Waals surface area contributed by atoms with E-state index in [-0.39, 0.29) is 10.0 Å². The van der Waals surface area contributed by atoms with Gasteiger partial charge in [0.1, 0.15) is 11.9 Å². The zero-order chi connectivity index (χ0) is 11.6. The Hall–Kier alpha value is -1.01. The van der Waals surface area contributed by atoms with E-state index in [1.807, 2.05) is 0 Å². The summed E-state index contributed by atoms with van der Waals surface area (Å²) < 4.78 is 25.7. The van der Waals surface area contributed by atoms with E-state index < -0.39 is 24.1 Å². The second-order valence-electron chi connectivity index (χ2n) is 2.85. The van der Waals surface area contributed by atoms with Gasteiger partial charge in [-0.1, -0.05) is 22.0 Å². The highest BCUT2D eigenvalue weighted by Gasteiger charge is 2.28. The van der Waals surface area contributed by atoms with Crippen molar-refractivity contribution in [2.45, 2.75) is 12.3 Å². The van der Waals surface area contributed by atoms with Gasteiger partial charge in [-0.05, 0) is 17.7 Å². The first-order chi connectivity index (χ1) is 6.93. The highest BCUT2D eigenvalue weighted by Crippen LogP contribution is 2.27. The summed E-state index contributed by atoms with van der Waals surface area (Å²) in [4.78, 5) is 10.3.